The van der Waals surface area contributed by atoms with E-state index in [2.05, 4.69) is 5.32 Å². The normalized spacial score (nSPS) is 11.5. The second kappa shape index (κ2) is 8.23. The minimum Gasteiger partial charge on any atom is -0.497 e. The molecule has 0 saturated carbocycles. The molecule has 0 saturated heterocycles. The summed E-state index contributed by atoms with van der Waals surface area (Å²) in [5.41, 5.74) is 1.06. The highest BCUT2D eigenvalue weighted by molar-refractivity contribution is 5.92. The van der Waals surface area contributed by atoms with Crippen molar-refractivity contribution in [3.8, 4) is 11.5 Å². The Balaban J connectivity index is 1.96. The molecular formula is C18H21NO6. The summed E-state index contributed by atoms with van der Waals surface area (Å²) >= 11 is 0. The minimum absolute atomic E-state index is 0.301. The van der Waals surface area contributed by atoms with Gasteiger partial charge in [-0.2, -0.15) is 0 Å². The van der Waals surface area contributed by atoms with Crippen LogP contribution in [0.2, 0.25) is 0 Å². The van der Waals surface area contributed by atoms with Crippen LogP contribution in [-0.2, 0) is 9.53 Å². The Bertz CT molecular complexity index is 752. The lowest BCUT2D eigenvalue weighted by atomic mass is 10.1. The van der Waals surface area contributed by atoms with Crippen LogP contribution in [0.25, 0.3) is 0 Å². The van der Waals surface area contributed by atoms with Gasteiger partial charge in [-0.3, -0.25) is 4.79 Å². The average Bonchev–Trinajstić information content (AvgIpc) is 3.05. The van der Waals surface area contributed by atoms with Gasteiger partial charge >= 0.3 is 5.97 Å². The lowest BCUT2D eigenvalue weighted by molar-refractivity contribution is -0.124. The molecule has 1 amide bonds. The molecule has 1 N–H and O–H groups in total. The molecule has 0 aliphatic rings. The summed E-state index contributed by atoms with van der Waals surface area (Å²) in [6.45, 7) is 3.06. The van der Waals surface area contributed by atoms with Crippen molar-refractivity contribution in [3.63, 3.8) is 0 Å². The molecule has 1 aromatic heterocycles. The molecule has 2 rings (SSSR count). The summed E-state index contributed by atoms with van der Waals surface area (Å²) in [7, 11) is 3.11. The molecule has 0 fully saturated rings. The van der Waals surface area contributed by atoms with Crippen molar-refractivity contribution in [1.82, 2.24) is 5.32 Å². The number of ether oxygens (including phenoxy) is 3. The van der Waals surface area contributed by atoms with Crippen LogP contribution < -0.4 is 14.8 Å². The quantitative estimate of drug-likeness (QED) is 0.775. The summed E-state index contributed by atoms with van der Waals surface area (Å²) in [5.74, 6) is 0.693. The van der Waals surface area contributed by atoms with Crippen LogP contribution in [0.5, 0.6) is 11.5 Å². The molecule has 25 heavy (non-hydrogen) atoms. The summed E-state index contributed by atoms with van der Waals surface area (Å²) in [5, 5.41) is 2.76. The van der Waals surface area contributed by atoms with Crippen LogP contribution >= 0.6 is 0 Å². The molecule has 7 heteroatoms. The van der Waals surface area contributed by atoms with Crippen molar-refractivity contribution in [2.45, 2.75) is 19.9 Å². The van der Waals surface area contributed by atoms with E-state index >= 15 is 0 Å². The molecule has 134 valence electrons. The van der Waals surface area contributed by atoms with E-state index in [1.165, 1.54) is 12.3 Å². The Hall–Kier alpha value is -2.96. The number of esters is 1. The number of nitrogens with one attached hydrogen (secondary N) is 1. The molecule has 0 spiro atoms. The zero-order valence-corrected chi connectivity index (χ0v) is 14.6. The van der Waals surface area contributed by atoms with Gasteiger partial charge < -0.3 is 23.9 Å². The van der Waals surface area contributed by atoms with Gasteiger partial charge in [-0.25, -0.2) is 4.79 Å². The van der Waals surface area contributed by atoms with Crippen molar-refractivity contribution in [2.75, 3.05) is 20.8 Å². The number of amides is 1. The van der Waals surface area contributed by atoms with Crippen LogP contribution in [0.15, 0.2) is 34.9 Å². The van der Waals surface area contributed by atoms with E-state index in [0.29, 0.717) is 22.8 Å². The van der Waals surface area contributed by atoms with Crippen LogP contribution in [0.3, 0.4) is 0 Å². The summed E-state index contributed by atoms with van der Waals surface area (Å²) in [6, 6.07) is 6.46. The van der Waals surface area contributed by atoms with E-state index in [9.17, 15) is 9.59 Å². The predicted octanol–water partition coefficient (Wildman–Crippen LogP) is 2.64. The Morgan fingerprint density at radius 3 is 2.56 bits per heavy atom. The third-order valence-electron chi connectivity index (χ3n) is 3.69. The number of rotatable bonds is 7. The van der Waals surface area contributed by atoms with E-state index in [-0.39, 0.29) is 12.6 Å². The second-order valence-corrected chi connectivity index (χ2v) is 5.36. The highest BCUT2D eigenvalue weighted by Gasteiger charge is 2.18. The van der Waals surface area contributed by atoms with Crippen molar-refractivity contribution < 1.29 is 28.2 Å². The maximum Gasteiger partial charge on any atom is 0.342 e. The lowest BCUT2D eigenvalue weighted by Gasteiger charge is -2.18. The number of hydrogen-bond donors (Lipinski definition) is 1. The first kappa shape index (κ1) is 18.4. The van der Waals surface area contributed by atoms with Gasteiger partial charge in [0.25, 0.3) is 5.91 Å². The molecule has 0 aliphatic carbocycles. The molecule has 7 nitrogen and oxygen atoms in total. The van der Waals surface area contributed by atoms with Crippen molar-refractivity contribution in [1.29, 1.82) is 0 Å². The highest BCUT2D eigenvalue weighted by atomic mass is 16.5. The molecule has 0 aliphatic heterocycles. The molecular weight excluding hydrogens is 326 g/mol. The molecule has 1 aromatic carbocycles. The highest BCUT2D eigenvalue weighted by Crippen LogP contribution is 2.29. The number of carbonyl (C=O) groups is 2. The largest absolute Gasteiger partial charge is 0.497 e. The van der Waals surface area contributed by atoms with Gasteiger partial charge in [-0.15, -0.1) is 0 Å². The van der Waals surface area contributed by atoms with Gasteiger partial charge in [0, 0.05) is 5.56 Å². The van der Waals surface area contributed by atoms with Crippen LogP contribution in [-0.4, -0.2) is 32.7 Å². The summed E-state index contributed by atoms with van der Waals surface area (Å²) in [4.78, 5) is 23.9. The first-order valence-corrected chi connectivity index (χ1v) is 7.68. The Morgan fingerprint density at radius 2 is 1.96 bits per heavy atom. The van der Waals surface area contributed by atoms with E-state index < -0.39 is 11.9 Å². The Labute approximate surface area is 145 Å². The van der Waals surface area contributed by atoms with E-state index in [1.54, 1.807) is 46.3 Å². The fourth-order valence-corrected chi connectivity index (χ4v) is 2.34. The van der Waals surface area contributed by atoms with E-state index in [4.69, 9.17) is 18.6 Å². The zero-order valence-electron chi connectivity index (χ0n) is 14.6. The standard InChI is InChI=1S/C18H21NO6/c1-11(15-9-13(22-3)5-6-16(15)23-4)19-17(20)10-25-18(21)14-7-8-24-12(14)2/h5-9,11H,10H2,1-4H3,(H,19,20). The number of furan rings is 1. The van der Waals surface area contributed by atoms with E-state index in [1.807, 2.05) is 0 Å². The number of aryl methyl sites for hydroxylation is 1. The van der Waals surface area contributed by atoms with Gasteiger partial charge in [-0.1, -0.05) is 0 Å². The molecule has 1 atom stereocenters. The van der Waals surface area contributed by atoms with Gasteiger partial charge in [0.15, 0.2) is 6.61 Å². The van der Waals surface area contributed by atoms with Gasteiger partial charge in [0.1, 0.15) is 22.8 Å². The third-order valence-corrected chi connectivity index (χ3v) is 3.69. The monoisotopic (exact) mass is 347 g/mol. The SMILES string of the molecule is COc1ccc(OC)c(C(C)NC(=O)COC(=O)c2ccoc2C)c1. The topological polar surface area (TPSA) is 87.0 Å². The number of hydrogen-bond acceptors (Lipinski definition) is 6. The second-order valence-electron chi connectivity index (χ2n) is 5.36. The van der Waals surface area contributed by atoms with Crippen LogP contribution in [0, 0.1) is 6.92 Å². The predicted molar refractivity (Wildman–Crippen MR) is 89.8 cm³/mol. The molecule has 0 bridgehead atoms. The third kappa shape index (κ3) is 4.53. The molecule has 1 heterocycles. The molecule has 1 unspecified atom stereocenters. The molecule has 2 aromatic rings. The maximum absolute atomic E-state index is 12.1. The minimum atomic E-state index is -0.604. The van der Waals surface area contributed by atoms with Gasteiger partial charge in [0.2, 0.25) is 0 Å². The smallest absolute Gasteiger partial charge is 0.342 e. The van der Waals surface area contributed by atoms with E-state index in [0.717, 1.165) is 5.56 Å². The fraction of sp³-hybridized carbons (Fsp3) is 0.333. The number of carbonyl (C=O) groups excluding carboxylic acids is 2. The number of methoxy groups -OCH3 is 2. The number of benzene rings is 1. The van der Waals surface area contributed by atoms with Crippen molar-refractivity contribution >= 4 is 11.9 Å². The van der Waals surface area contributed by atoms with Crippen molar-refractivity contribution in [3.05, 3.63) is 47.4 Å². The zero-order chi connectivity index (χ0) is 18.4. The Kier molecular flexibility index (Phi) is 6.05. The first-order chi connectivity index (χ1) is 12.0. The first-order valence-electron chi connectivity index (χ1n) is 7.68. The summed E-state index contributed by atoms with van der Waals surface area (Å²) < 4.78 is 20.5. The maximum atomic E-state index is 12.1. The van der Waals surface area contributed by atoms with Gasteiger partial charge in [0.05, 0.1) is 26.5 Å². The van der Waals surface area contributed by atoms with Crippen LogP contribution in [0.1, 0.15) is 34.6 Å². The fourth-order valence-electron chi connectivity index (χ4n) is 2.34. The lowest BCUT2D eigenvalue weighted by Crippen LogP contribution is -2.31. The Morgan fingerprint density at radius 1 is 1.20 bits per heavy atom. The average molecular weight is 347 g/mol. The van der Waals surface area contributed by atoms with Crippen LogP contribution in [0.4, 0.5) is 0 Å². The molecule has 0 radical (unpaired) electrons. The van der Waals surface area contributed by atoms with Crippen molar-refractivity contribution in [2.24, 2.45) is 0 Å². The van der Waals surface area contributed by atoms with Gasteiger partial charge in [-0.05, 0) is 38.1 Å². The summed E-state index contributed by atoms with van der Waals surface area (Å²) in [6.07, 6.45) is 1.39.